The summed E-state index contributed by atoms with van der Waals surface area (Å²) in [6, 6.07) is 4.82. The highest BCUT2D eigenvalue weighted by Crippen LogP contribution is 2.28. The van der Waals surface area contributed by atoms with Gasteiger partial charge in [-0.05, 0) is 33.0 Å². The normalized spacial score (nSPS) is 10.7. The Morgan fingerprint density at radius 2 is 2.20 bits per heavy atom. The molecular formula is C13H16N4O3. The fraction of sp³-hybridized carbons (Fsp3) is 0.385. The third kappa shape index (κ3) is 3.00. The molecule has 0 aliphatic carbocycles. The molecule has 0 spiro atoms. The maximum absolute atomic E-state index is 10.9. The van der Waals surface area contributed by atoms with Crippen LogP contribution in [0, 0.1) is 17.0 Å². The third-order valence-electron chi connectivity index (χ3n) is 3.02. The lowest BCUT2D eigenvalue weighted by Crippen LogP contribution is -2.08. The summed E-state index contributed by atoms with van der Waals surface area (Å²) in [6.45, 7) is 2.55. The number of aryl methyl sites for hydroxylation is 1. The van der Waals surface area contributed by atoms with Crippen molar-refractivity contribution in [3.05, 3.63) is 39.8 Å². The minimum absolute atomic E-state index is 0.0532. The Hall–Kier alpha value is -2.28. The number of nitro benzene ring substituents is 1. The number of benzene rings is 1. The largest absolute Gasteiger partial charge is 0.421 e. The van der Waals surface area contributed by atoms with Crippen LogP contribution in [0.2, 0.25) is 0 Å². The summed E-state index contributed by atoms with van der Waals surface area (Å²) < 4.78 is 5.56. The molecule has 1 aromatic heterocycles. The van der Waals surface area contributed by atoms with Gasteiger partial charge in [0.15, 0.2) is 0 Å². The van der Waals surface area contributed by atoms with Crippen molar-refractivity contribution in [2.45, 2.75) is 19.8 Å². The molecule has 0 unspecified atom stereocenters. The van der Waals surface area contributed by atoms with Gasteiger partial charge in [0.2, 0.25) is 11.8 Å². The van der Waals surface area contributed by atoms with Crippen molar-refractivity contribution in [3.63, 3.8) is 0 Å². The minimum Gasteiger partial charge on any atom is -0.421 e. The van der Waals surface area contributed by atoms with Gasteiger partial charge in [-0.15, -0.1) is 10.2 Å². The monoisotopic (exact) mass is 276 g/mol. The van der Waals surface area contributed by atoms with Crippen LogP contribution in [0.5, 0.6) is 0 Å². The Labute approximate surface area is 116 Å². The molecule has 1 heterocycles. The van der Waals surface area contributed by atoms with Crippen LogP contribution in [-0.2, 0) is 6.42 Å². The summed E-state index contributed by atoms with van der Waals surface area (Å²) in [6.07, 6.45) is 1.58. The Balaban J connectivity index is 2.24. The van der Waals surface area contributed by atoms with Crippen LogP contribution in [0.3, 0.4) is 0 Å². The second-order valence-corrected chi connectivity index (χ2v) is 4.41. The lowest BCUT2D eigenvalue weighted by atomic mass is 10.1. The van der Waals surface area contributed by atoms with Crippen LogP contribution in [0.15, 0.2) is 22.6 Å². The maximum Gasteiger partial charge on any atom is 0.273 e. The Morgan fingerprint density at radius 3 is 2.90 bits per heavy atom. The van der Waals surface area contributed by atoms with Crippen LogP contribution >= 0.6 is 0 Å². The average molecular weight is 276 g/mol. The molecule has 106 valence electrons. The van der Waals surface area contributed by atoms with Crippen molar-refractivity contribution in [2.24, 2.45) is 0 Å². The van der Waals surface area contributed by atoms with Gasteiger partial charge in [-0.25, -0.2) is 0 Å². The second-order valence-electron chi connectivity index (χ2n) is 4.41. The summed E-state index contributed by atoms with van der Waals surface area (Å²) in [5.41, 5.74) is 1.19. The highest BCUT2D eigenvalue weighted by molar-refractivity contribution is 5.64. The van der Waals surface area contributed by atoms with Crippen molar-refractivity contribution in [1.82, 2.24) is 15.5 Å². The lowest BCUT2D eigenvalue weighted by molar-refractivity contribution is -0.385. The summed E-state index contributed by atoms with van der Waals surface area (Å²) >= 11 is 0. The lowest BCUT2D eigenvalue weighted by Gasteiger charge is -2.01. The molecule has 20 heavy (non-hydrogen) atoms. The zero-order valence-corrected chi connectivity index (χ0v) is 11.4. The number of hydrogen-bond acceptors (Lipinski definition) is 6. The van der Waals surface area contributed by atoms with Crippen LogP contribution in [0.1, 0.15) is 17.9 Å². The third-order valence-corrected chi connectivity index (χ3v) is 3.02. The minimum atomic E-state index is -0.414. The zero-order chi connectivity index (χ0) is 14.5. The van der Waals surface area contributed by atoms with Gasteiger partial charge in [0.1, 0.15) is 0 Å². The molecule has 0 fully saturated rings. The maximum atomic E-state index is 10.9. The zero-order valence-electron chi connectivity index (χ0n) is 11.4. The summed E-state index contributed by atoms with van der Waals surface area (Å²) in [5.74, 6) is 0.867. The summed E-state index contributed by atoms with van der Waals surface area (Å²) in [4.78, 5) is 10.5. The molecule has 2 rings (SSSR count). The predicted molar refractivity (Wildman–Crippen MR) is 73.4 cm³/mol. The highest BCUT2D eigenvalue weighted by atomic mass is 16.6. The van der Waals surface area contributed by atoms with Gasteiger partial charge < -0.3 is 9.73 Å². The van der Waals surface area contributed by atoms with Gasteiger partial charge in [0.05, 0.1) is 4.92 Å². The number of rotatable bonds is 6. The van der Waals surface area contributed by atoms with E-state index in [2.05, 4.69) is 15.5 Å². The van der Waals surface area contributed by atoms with E-state index in [1.807, 2.05) is 7.05 Å². The molecule has 0 aliphatic rings. The fourth-order valence-corrected chi connectivity index (χ4v) is 1.93. The van der Waals surface area contributed by atoms with Crippen LogP contribution < -0.4 is 5.32 Å². The first-order chi connectivity index (χ1) is 9.63. The van der Waals surface area contributed by atoms with E-state index in [0.29, 0.717) is 29.3 Å². The Morgan fingerprint density at radius 1 is 1.40 bits per heavy atom. The molecule has 0 amide bonds. The number of nitro groups is 1. The number of hydrogen-bond donors (Lipinski definition) is 1. The molecule has 7 nitrogen and oxygen atoms in total. The topological polar surface area (TPSA) is 94.1 Å². The first kappa shape index (κ1) is 14.1. The molecule has 0 radical (unpaired) electrons. The van der Waals surface area contributed by atoms with E-state index >= 15 is 0 Å². The molecule has 0 saturated carbocycles. The van der Waals surface area contributed by atoms with E-state index in [4.69, 9.17) is 4.42 Å². The van der Waals surface area contributed by atoms with Crippen molar-refractivity contribution >= 4 is 5.69 Å². The molecule has 1 aromatic carbocycles. The van der Waals surface area contributed by atoms with Crippen molar-refractivity contribution < 1.29 is 9.34 Å². The van der Waals surface area contributed by atoms with Gasteiger partial charge in [-0.2, -0.15) is 0 Å². The van der Waals surface area contributed by atoms with E-state index in [1.54, 1.807) is 19.1 Å². The van der Waals surface area contributed by atoms with Crippen LogP contribution in [0.4, 0.5) is 5.69 Å². The average Bonchev–Trinajstić information content (AvgIpc) is 2.87. The first-order valence-electron chi connectivity index (χ1n) is 6.35. The van der Waals surface area contributed by atoms with E-state index in [1.165, 1.54) is 6.07 Å². The quantitative estimate of drug-likeness (QED) is 0.493. The Bertz CT molecular complexity index is 609. The van der Waals surface area contributed by atoms with Crippen LogP contribution in [-0.4, -0.2) is 28.7 Å². The molecule has 2 aromatic rings. The van der Waals surface area contributed by atoms with Gasteiger partial charge in [-0.1, -0.05) is 6.07 Å². The van der Waals surface area contributed by atoms with Gasteiger partial charge in [0, 0.05) is 23.6 Å². The molecule has 1 N–H and O–H groups in total. The Kier molecular flexibility index (Phi) is 4.41. The molecule has 7 heteroatoms. The standard InChI is InChI=1S/C13H16N4O3/c1-9-10(5-3-6-11(9)17(18)19)13-16-15-12(20-13)7-4-8-14-2/h3,5-6,14H,4,7-8H2,1-2H3. The number of nitrogens with one attached hydrogen (secondary N) is 1. The van der Waals surface area contributed by atoms with Gasteiger partial charge in [-0.3, -0.25) is 10.1 Å². The fourth-order valence-electron chi connectivity index (χ4n) is 1.93. The van der Waals surface area contributed by atoms with Crippen molar-refractivity contribution in [2.75, 3.05) is 13.6 Å². The van der Waals surface area contributed by atoms with E-state index < -0.39 is 4.92 Å². The molecular weight excluding hydrogens is 260 g/mol. The first-order valence-corrected chi connectivity index (χ1v) is 6.35. The van der Waals surface area contributed by atoms with E-state index in [0.717, 1.165) is 13.0 Å². The van der Waals surface area contributed by atoms with Crippen LogP contribution in [0.25, 0.3) is 11.5 Å². The van der Waals surface area contributed by atoms with Gasteiger partial charge in [0.25, 0.3) is 5.69 Å². The molecule has 0 bridgehead atoms. The van der Waals surface area contributed by atoms with E-state index in [9.17, 15) is 10.1 Å². The number of aromatic nitrogens is 2. The summed E-state index contributed by atoms with van der Waals surface area (Å²) in [5, 5.41) is 21.9. The molecule has 0 atom stereocenters. The van der Waals surface area contributed by atoms with E-state index in [-0.39, 0.29) is 5.69 Å². The smallest absolute Gasteiger partial charge is 0.273 e. The number of nitrogens with zero attached hydrogens (tertiary/aromatic N) is 3. The van der Waals surface area contributed by atoms with Crippen molar-refractivity contribution in [3.8, 4) is 11.5 Å². The molecule has 0 aliphatic heterocycles. The second kappa shape index (κ2) is 6.25. The highest BCUT2D eigenvalue weighted by Gasteiger charge is 2.18. The van der Waals surface area contributed by atoms with Crippen molar-refractivity contribution in [1.29, 1.82) is 0 Å². The SMILES string of the molecule is CNCCCc1nnc(-c2cccc([N+](=O)[O-])c2C)o1. The van der Waals surface area contributed by atoms with Gasteiger partial charge >= 0.3 is 0 Å². The predicted octanol–water partition coefficient (Wildman–Crippen LogP) is 2.11. The molecule has 0 saturated heterocycles. The summed E-state index contributed by atoms with van der Waals surface area (Å²) in [7, 11) is 1.88.